The molecule has 34 heavy (non-hydrogen) atoms. The van der Waals surface area contributed by atoms with Crippen LogP contribution >= 0.6 is 0 Å². The normalized spacial score (nSPS) is 19.2. The number of aromatic nitrogens is 2. The maximum atomic E-state index is 13.5. The molecule has 0 fully saturated rings. The summed E-state index contributed by atoms with van der Waals surface area (Å²) in [6, 6.07) is 5.37. The Bertz CT molecular complexity index is 1530. The minimum atomic E-state index is -1.87. The van der Waals surface area contributed by atoms with Gasteiger partial charge >= 0.3 is 5.97 Å². The second kappa shape index (κ2) is 7.32. The molecule has 6 rings (SSSR count). The zero-order chi connectivity index (χ0) is 23.6. The molecule has 0 unspecified atom stereocenters. The smallest absolute Gasteiger partial charge is 0.343 e. The number of hydrogen-bond acceptors (Lipinski definition) is 8. The van der Waals surface area contributed by atoms with E-state index in [4.69, 9.17) is 19.2 Å². The minimum absolute atomic E-state index is 0.0873. The van der Waals surface area contributed by atoms with Gasteiger partial charge in [0.25, 0.3) is 5.56 Å². The van der Waals surface area contributed by atoms with E-state index >= 15 is 0 Å². The van der Waals surface area contributed by atoms with Crippen LogP contribution in [-0.4, -0.2) is 41.0 Å². The number of carbonyl (C=O) groups excluding carboxylic acids is 1. The van der Waals surface area contributed by atoms with Crippen molar-refractivity contribution in [3.8, 4) is 34.7 Å². The number of carbonyl (C=O) groups is 1. The third-order valence-electron chi connectivity index (χ3n) is 6.66. The topological polar surface area (TPSA) is 112 Å². The van der Waals surface area contributed by atoms with E-state index in [1.165, 1.54) is 0 Å². The molecule has 2 N–H and O–H groups in total. The number of aliphatic hydroxyl groups is 1. The molecule has 172 valence electrons. The molecule has 1 aromatic carbocycles. The average Bonchev–Trinajstić information content (AvgIpc) is 3.44. The highest BCUT2D eigenvalue weighted by Gasteiger charge is 2.45. The van der Waals surface area contributed by atoms with Gasteiger partial charge < -0.3 is 29.2 Å². The van der Waals surface area contributed by atoms with Crippen LogP contribution in [0.1, 0.15) is 35.6 Å². The number of pyridine rings is 2. The third-order valence-corrected chi connectivity index (χ3v) is 6.66. The monoisotopic (exact) mass is 459 g/mol. The highest BCUT2D eigenvalue weighted by atomic mass is 16.7. The van der Waals surface area contributed by atoms with E-state index in [1.54, 1.807) is 23.6 Å². The summed E-state index contributed by atoms with van der Waals surface area (Å²) in [4.78, 5) is 30.7. The number of rotatable bonds is 2. The number of benzene rings is 1. The van der Waals surface area contributed by atoms with Gasteiger partial charge in [0.15, 0.2) is 17.1 Å². The molecule has 3 aliphatic rings. The maximum absolute atomic E-state index is 13.5. The highest BCUT2D eigenvalue weighted by Crippen LogP contribution is 2.42. The maximum Gasteiger partial charge on any atom is 0.343 e. The molecule has 3 aromatic rings. The van der Waals surface area contributed by atoms with Crippen LogP contribution in [0, 0.1) is 11.8 Å². The molecule has 0 bridgehead atoms. The Labute approximate surface area is 194 Å². The molecular weight excluding hydrogens is 438 g/mol. The Hall–Kier alpha value is -3.87. The zero-order valence-electron chi connectivity index (χ0n) is 18.7. The number of esters is 1. The lowest BCUT2D eigenvalue weighted by atomic mass is 9.86. The fourth-order valence-electron chi connectivity index (χ4n) is 4.83. The van der Waals surface area contributed by atoms with Crippen molar-refractivity contribution in [1.29, 1.82) is 0 Å². The van der Waals surface area contributed by atoms with Gasteiger partial charge in [0.05, 0.1) is 35.6 Å². The number of fused-ring (bicyclic) bond motifs is 6. The van der Waals surface area contributed by atoms with Crippen molar-refractivity contribution in [3.63, 3.8) is 0 Å². The molecule has 0 amide bonds. The summed E-state index contributed by atoms with van der Waals surface area (Å²) in [6.07, 6.45) is 0.0873. The van der Waals surface area contributed by atoms with E-state index in [1.807, 2.05) is 13.1 Å². The van der Waals surface area contributed by atoms with Crippen LogP contribution in [0.25, 0.3) is 22.3 Å². The molecular formula is C25H21N3O6. The van der Waals surface area contributed by atoms with E-state index in [2.05, 4.69) is 17.2 Å². The van der Waals surface area contributed by atoms with E-state index in [-0.39, 0.29) is 43.1 Å². The predicted octanol–water partition coefficient (Wildman–Crippen LogP) is 1.38. The van der Waals surface area contributed by atoms with Gasteiger partial charge in [-0.1, -0.05) is 18.8 Å². The van der Waals surface area contributed by atoms with Crippen LogP contribution in [0.5, 0.6) is 11.5 Å². The first-order valence-electron chi connectivity index (χ1n) is 11.0. The first-order chi connectivity index (χ1) is 16.5. The Morgan fingerprint density at radius 1 is 1.18 bits per heavy atom. The average molecular weight is 459 g/mol. The van der Waals surface area contributed by atoms with Crippen molar-refractivity contribution < 1.29 is 24.1 Å². The van der Waals surface area contributed by atoms with E-state index in [0.29, 0.717) is 34.9 Å². The number of hydrogen-bond donors (Lipinski definition) is 2. The predicted molar refractivity (Wildman–Crippen MR) is 121 cm³/mol. The molecule has 3 aliphatic heterocycles. The first kappa shape index (κ1) is 20.7. The lowest BCUT2D eigenvalue weighted by molar-refractivity contribution is -0.172. The van der Waals surface area contributed by atoms with Crippen molar-refractivity contribution in [1.82, 2.24) is 14.9 Å². The van der Waals surface area contributed by atoms with E-state index in [0.717, 1.165) is 16.5 Å². The van der Waals surface area contributed by atoms with Gasteiger partial charge in [-0.25, -0.2) is 9.78 Å². The Morgan fingerprint density at radius 3 is 2.74 bits per heavy atom. The summed E-state index contributed by atoms with van der Waals surface area (Å²) < 4.78 is 17.9. The molecule has 9 heteroatoms. The Balaban J connectivity index is 1.65. The summed E-state index contributed by atoms with van der Waals surface area (Å²) in [7, 11) is 1.82. The number of nitrogens with zero attached hydrogens (tertiary/aromatic N) is 2. The van der Waals surface area contributed by atoms with Crippen LogP contribution in [-0.2, 0) is 28.3 Å². The molecule has 1 atom stereocenters. The van der Waals surface area contributed by atoms with Crippen molar-refractivity contribution in [2.75, 3.05) is 20.4 Å². The third kappa shape index (κ3) is 2.73. The van der Waals surface area contributed by atoms with Gasteiger partial charge in [0.1, 0.15) is 6.61 Å². The van der Waals surface area contributed by atoms with Gasteiger partial charge in [0.2, 0.25) is 6.79 Å². The van der Waals surface area contributed by atoms with Crippen molar-refractivity contribution in [2.45, 2.75) is 32.1 Å². The van der Waals surface area contributed by atoms with Crippen LogP contribution < -0.4 is 20.3 Å². The van der Waals surface area contributed by atoms with E-state index in [9.17, 15) is 14.7 Å². The summed E-state index contributed by atoms with van der Waals surface area (Å²) in [5.41, 5.74) is 1.74. The highest BCUT2D eigenvalue weighted by molar-refractivity contribution is 5.93. The van der Waals surface area contributed by atoms with Crippen LogP contribution in [0.3, 0.4) is 0 Å². The van der Waals surface area contributed by atoms with Gasteiger partial charge in [-0.2, -0.15) is 0 Å². The summed E-state index contributed by atoms with van der Waals surface area (Å²) >= 11 is 0. The second-order valence-electron chi connectivity index (χ2n) is 8.47. The van der Waals surface area contributed by atoms with Crippen molar-refractivity contribution in [3.05, 3.63) is 50.8 Å². The molecule has 0 saturated heterocycles. The molecule has 0 radical (unpaired) electrons. The minimum Gasteiger partial charge on any atom is -0.458 e. The molecule has 0 saturated carbocycles. The summed E-state index contributed by atoms with van der Waals surface area (Å²) in [5.74, 6) is 6.83. The molecule has 9 nitrogen and oxygen atoms in total. The molecule has 5 heterocycles. The summed E-state index contributed by atoms with van der Waals surface area (Å²) in [6.45, 7) is 2.42. The fourth-order valence-corrected chi connectivity index (χ4v) is 4.83. The van der Waals surface area contributed by atoms with Crippen molar-refractivity contribution in [2.24, 2.45) is 0 Å². The second-order valence-corrected chi connectivity index (χ2v) is 8.47. The Kier molecular flexibility index (Phi) is 4.46. The summed E-state index contributed by atoms with van der Waals surface area (Å²) in [5, 5.41) is 14.9. The SMILES string of the molecule is CC[C@@]1(O)C(=O)OCc2c1cc1n(c2=O)Cc2c-1nc1cc3c(cc1c2C#CCNC)OCO3. The lowest BCUT2D eigenvalue weighted by Crippen LogP contribution is -2.44. The standard InChI is InChI=1S/C25H21N3O6/c1-3-25(31)17-8-19-22-15(10-28(19)23(29)16(17)11-32-24(25)30)13(5-4-6-26-2)14-7-20-21(34-12-33-20)9-18(14)27-22/h7-9,26,31H,3,6,10-12H2,1-2H3/t25-/m0/s1. The zero-order valence-corrected chi connectivity index (χ0v) is 18.7. The fraction of sp³-hybridized carbons (Fsp3) is 0.320. The van der Waals surface area contributed by atoms with Gasteiger partial charge in [-0.3, -0.25) is 4.79 Å². The lowest BCUT2D eigenvalue weighted by Gasteiger charge is -2.31. The largest absolute Gasteiger partial charge is 0.458 e. The number of cyclic esters (lactones) is 1. The quantitative estimate of drug-likeness (QED) is 0.342. The molecule has 0 spiro atoms. The molecule has 0 aliphatic carbocycles. The van der Waals surface area contributed by atoms with Gasteiger partial charge in [-0.05, 0) is 25.6 Å². The van der Waals surface area contributed by atoms with Crippen LogP contribution in [0.4, 0.5) is 0 Å². The first-order valence-corrected chi connectivity index (χ1v) is 11.0. The van der Waals surface area contributed by atoms with Crippen LogP contribution in [0.15, 0.2) is 23.0 Å². The van der Waals surface area contributed by atoms with Crippen LogP contribution in [0.2, 0.25) is 0 Å². The van der Waals surface area contributed by atoms with Gasteiger partial charge in [-0.15, -0.1) is 0 Å². The molecule has 2 aromatic heterocycles. The van der Waals surface area contributed by atoms with Crippen molar-refractivity contribution >= 4 is 16.9 Å². The van der Waals surface area contributed by atoms with E-state index < -0.39 is 11.6 Å². The van der Waals surface area contributed by atoms with Gasteiger partial charge in [0, 0.05) is 28.1 Å². The number of nitrogens with one attached hydrogen (secondary N) is 1. The Morgan fingerprint density at radius 2 is 1.97 bits per heavy atom. The number of ether oxygens (including phenoxy) is 3.